The van der Waals surface area contributed by atoms with E-state index >= 15 is 0 Å². The molecule has 0 saturated carbocycles. The van der Waals surface area contributed by atoms with E-state index in [9.17, 15) is 4.39 Å². The zero-order chi connectivity index (χ0) is 11.5. The van der Waals surface area contributed by atoms with E-state index in [-0.39, 0.29) is 11.9 Å². The maximum absolute atomic E-state index is 13.4. The van der Waals surface area contributed by atoms with Crippen molar-refractivity contribution in [3.05, 3.63) is 52.0 Å². The standard InChI is InChI=1S/C13H14FNS/c1-9-7-8-16-13(9)10(2)15-12-6-4-3-5-11(12)14/h3-8,10,15H,1-2H3. The first-order valence-corrected chi connectivity index (χ1v) is 6.11. The number of rotatable bonds is 3. The van der Waals surface area contributed by atoms with Crippen LogP contribution in [-0.4, -0.2) is 0 Å². The molecule has 1 unspecified atom stereocenters. The lowest BCUT2D eigenvalue weighted by Crippen LogP contribution is -2.07. The lowest BCUT2D eigenvalue weighted by atomic mass is 10.2. The van der Waals surface area contributed by atoms with Gasteiger partial charge in [-0.2, -0.15) is 0 Å². The van der Waals surface area contributed by atoms with Gasteiger partial charge in [0, 0.05) is 4.88 Å². The number of hydrogen-bond donors (Lipinski definition) is 1. The molecule has 0 aliphatic heterocycles. The fraction of sp³-hybridized carbons (Fsp3) is 0.231. The normalized spacial score (nSPS) is 12.4. The summed E-state index contributed by atoms with van der Waals surface area (Å²) in [6.07, 6.45) is 0. The number of thiophene rings is 1. The zero-order valence-corrected chi connectivity index (χ0v) is 10.1. The molecule has 2 rings (SSSR count). The van der Waals surface area contributed by atoms with Gasteiger partial charge in [0.15, 0.2) is 0 Å². The molecule has 1 N–H and O–H groups in total. The summed E-state index contributed by atoms with van der Waals surface area (Å²) in [6.45, 7) is 4.12. The Kier molecular flexibility index (Phi) is 3.25. The summed E-state index contributed by atoms with van der Waals surface area (Å²) in [4.78, 5) is 1.25. The Hall–Kier alpha value is -1.35. The van der Waals surface area contributed by atoms with E-state index in [1.54, 1.807) is 23.5 Å². The van der Waals surface area contributed by atoms with Crippen LogP contribution in [0, 0.1) is 12.7 Å². The average Bonchev–Trinajstić information content (AvgIpc) is 2.68. The molecule has 1 atom stereocenters. The van der Waals surface area contributed by atoms with Crippen molar-refractivity contribution in [3.8, 4) is 0 Å². The van der Waals surface area contributed by atoms with Gasteiger partial charge in [-0.05, 0) is 43.0 Å². The van der Waals surface area contributed by atoms with E-state index in [0.29, 0.717) is 5.69 Å². The molecule has 0 bridgehead atoms. The van der Waals surface area contributed by atoms with Crippen LogP contribution in [-0.2, 0) is 0 Å². The molecule has 16 heavy (non-hydrogen) atoms. The van der Waals surface area contributed by atoms with E-state index in [2.05, 4.69) is 23.7 Å². The van der Waals surface area contributed by atoms with Gasteiger partial charge in [-0.1, -0.05) is 12.1 Å². The van der Waals surface area contributed by atoms with Crippen LogP contribution in [0.3, 0.4) is 0 Å². The van der Waals surface area contributed by atoms with Gasteiger partial charge in [0.2, 0.25) is 0 Å². The number of anilines is 1. The van der Waals surface area contributed by atoms with Crippen LogP contribution in [0.5, 0.6) is 0 Å². The number of halogens is 1. The second-order valence-corrected chi connectivity index (χ2v) is 4.76. The number of nitrogens with one attached hydrogen (secondary N) is 1. The third-order valence-electron chi connectivity index (χ3n) is 2.54. The number of aryl methyl sites for hydroxylation is 1. The zero-order valence-electron chi connectivity index (χ0n) is 9.33. The molecule has 0 fully saturated rings. The second kappa shape index (κ2) is 4.66. The van der Waals surface area contributed by atoms with Crippen LogP contribution in [0.25, 0.3) is 0 Å². The first-order valence-electron chi connectivity index (χ1n) is 5.23. The maximum Gasteiger partial charge on any atom is 0.146 e. The van der Waals surface area contributed by atoms with Gasteiger partial charge < -0.3 is 5.32 Å². The molecule has 1 aromatic heterocycles. The van der Waals surface area contributed by atoms with Crippen LogP contribution in [0.15, 0.2) is 35.7 Å². The average molecular weight is 235 g/mol. The summed E-state index contributed by atoms with van der Waals surface area (Å²) in [7, 11) is 0. The van der Waals surface area contributed by atoms with Crippen molar-refractivity contribution in [1.29, 1.82) is 0 Å². The molecule has 1 aromatic carbocycles. The van der Waals surface area contributed by atoms with Gasteiger partial charge in [-0.25, -0.2) is 4.39 Å². The number of para-hydroxylation sites is 1. The van der Waals surface area contributed by atoms with E-state index in [4.69, 9.17) is 0 Å². The Morgan fingerprint density at radius 2 is 2.00 bits per heavy atom. The largest absolute Gasteiger partial charge is 0.375 e. The highest BCUT2D eigenvalue weighted by atomic mass is 32.1. The Bertz CT molecular complexity index is 478. The quantitative estimate of drug-likeness (QED) is 0.833. The van der Waals surface area contributed by atoms with Crippen LogP contribution in [0.4, 0.5) is 10.1 Å². The minimum atomic E-state index is -0.205. The first kappa shape index (κ1) is 11.1. The van der Waals surface area contributed by atoms with Crippen molar-refractivity contribution in [2.24, 2.45) is 0 Å². The first-order chi connectivity index (χ1) is 7.68. The van der Waals surface area contributed by atoms with Gasteiger partial charge in [0.05, 0.1) is 11.7 Å². The van der Waals surface area contributed by atoms with Crippen LogP contribution < -0.4 is 5.32 Å². The van der Waals surface area contributed by atoms with Crippen LogP contribution in [0.2, 0.25) is 0 Å². The van der Waals surface area contributed by atoms with Crippen molar-refractivity contribution in [2.45, 2.75) is 19.9 Å². The maximum atomic E-state index is 13.4. The summed E-state index contributed by atoms with van der Waals surface area (Å²) in [5.74, 6) is -0.205. The van der Waals surface area contributed by atoms with E-state index < -0.39 is 0 Å². The van der Waals surface area contributed by atoms with Gasteiger partial charge in [-0.3, -0.25) is 0 Å². The van der Waals surface area contributed by atoms with Gasteiger partial charge >= 0.3 is 0 Å². The Balaban J connectivity index is 2.17. The molecule has 0 spiro atoms. The van der Waals surface area contributed by atoms with E-state index in [0.717, 1.165) is 0 Å². The molecular formula is C13H14FNS. The molecule has 0 aliphatic rings. The molecule has 1 nitrogen and oxygen atoms in total. The van der Waals surface area contributed by atoms with Crippen molar-refractivity contribution < 1.29 is 4.39 Å². The number of hydrogen-bond acceptors (Lipinski definition) is 2. The number of benzene rings is 1. The van der Waals surface area contributed by atoms with E-state index in [1.807, 2.05) is 13.0 Å². The fourth-order valence-electron chi connectivity index (χ4n) is 1.71. The molecule has 0 saturated heterocycles. The minimum absolute atomic E-state index is 0.136. The topological polar surface area (TPSA) is 12.0 Å². The summed E-state index contributed by atoms with van der Waals surface area (Å²) >= 11 is 1.70. The highest BCUT2D eigenvalue weighted by molar-refractivity contribution is 7.10. The lowest BCUT2D eigenvalue weighted by molar-refractivity contribution is 0.627. The van der Waals surface area contributed by atoms with Gasteiger partial charge in [-0.15, -0.1) is 11.3 Å². The third-order valence-corrected chi connectivity index (χ3v) is 3.74. The Morgan fingerprint density at radius 1 is 1.25 bits per heavy atom. The Labute approximate surface area is 98.9 Å². The highest BCUT2D eigenvalue weighted by Crippen LogP contribution is 2.27. The second-order valence-electron chi connectivity index (χ2n) is 3.81. The molecule has 3 heteroatoms. The fourth-order valence-corrected chi connectivity index (χ4v) is 2.64. The summed E-state index contributed by atoms with van der Waals surface area (Å²) < 4.78 is 13.4. The molecule has 84 valence electrons. The SMILES string of the molecule is Cc1ccsc1C(C)Nc1ccccc1F. The molecular weight excluding hydrogens is 221 g/mol. The summed E-state index contributed by atoms with van der Waals surface area (Å²) in [5, 5.41) is 5.25. The van der Waals surface area contributed by atoms with Crippen molar-refractivity contribution >= 4 is 17.0 Å². The predicted octanol–water partition coefficient (Wildman–Crippen LogP) is 4.37. The van der Waals surface area contributed by atoms with Crippen molar-refractivity contribution in [2.75, 3.05) is 5.32 Å². The minimum Gasteiger partial charge on any atom is -0.375 e. The molecule has 0 aliphatic carbocycles. The van der Waals surface area contributed by atoms with Crippen LogP contribution in [0.1, 0.15) is 23.4 Å². The van der Waals surface area contributed by atoms with Crippen LogP contribution >= 0.6 is 11.3 Å². The van der Waals surface area contributed by atoms with Crippen molar-refractivity contribution in [1.82, 2.24) is 0 Å². The molecule has 0 amide bonds. The summed E-state index contributed by atoms with van der Waals surface area (Å²) in [6, 6.07) is 8.97. The molecule has 0 radical (unpaired) electrons. The lowest BCUT2D eigenvalue weighted by Gasteiger charge is -2.15. The van der Waals surface area contributed by atoms with Crippen molar-refractivity contribution in [3.63, 3.8) is 0 Å². The Morgan fingerprint density at radius 3 is 2.62 bits per heavy atom. The van der Waals surface area contributed by atoms with E-state index in [1.165, 1.54) is 16.5 Å². The summed E-state index contributed by atoms with van der Waals surface area (Å²) in [5.41, 5.74) is 1.81. The monoisotopic (exact) mass is 235 g/mol. The smallest absolute Gasteiger partial charge is 0.146 e. The predicted molar refractivity (Wildman–Crippen MR) is 67.5 cm³/mol. The molecule has 1 heterocycles. The van der Waals surface area contributed by atoms with Gasteiger partial charge in [0.1, 0.15) is 5.82 Å². The molecule has 2 aromatic rings. The highest BCUT2D eigenvalue weighted by Gasteiger charge is 2.11. The third kappa shape index (κ3) is 2.25. The van der Waals surface area contributed by atoms with Gasteiger partial charge in [0.25, 0.3) is 0 Å².